The van der Waals surface area contributed by atoms with Gasteiger partial charge in [-0.1, -0.05) is 12.8 Å². The van der Waals surface area contributed by atoms with Crippen LogP contribution in [0, 0.1) is 5.41 Å². The number of hydrogen-bond donors (Lipinski definition) is 3. The summed E-state index contributed by atoms with van der Waals surface area (Å²) in [5.74, 6) is 1.04. The third-order valence-corrected chi connectivity index (χ3v) is 5.81. The second-order valence-corrected chi connectivity index (χ2v) is 7.98. The zero-order valence-corrected chi connectivity index (χ0v) is 20.0. The van der Waals surface area contributed by atoms with Gasteiger partial charge in [0.05, 0.1) is 12.0 Å². The highest BCUT2D eigenvalue weighted by Crippen LogP contribution is 2.38. The summed E-state index contributed by atoms with van der Waals surface area (Å²) in [5.41, 5.74) is -0.308. The first-order valence-corrected chi connectivity index (χ1v) is 10.0. The SMILES string of the molecule is CN=C(NCC1(C(=O)N(C)C)CCCC1)NC1CCN(CC(=O)NC)CC1.I. The molecule has 2 amide bonds. The van der Waals surface area contributed by atoms with Crippen LogP contribution < -0.4 is 16.0 Å². The maximum atomic E-state index is 12.7. The molecule has 2 fully saturated rings. The normalized spacial score (nSPS) is 20.2. The van der Waals surface area contributed by atoms with Gasteiger partial charge in [0.15, 0.2) is 5.96 Å². The largest absolute Gasteiger partial charge is 0.358 e. The van der Waals surface area contributed by atoms with Crippen LogP contribution in [0.25, 0.3) is 0 Å². The smallest absolute Gasteiger partial charge is 0.233 e. The zero-order valence-electron chi connectivity index (χ0n) is 17.7. The number of hydrogen-bond acceptors (Lipinski definition) is 4. The first kappa shape index (κ1) is 24.9. The molecule has 0 aromatic carbocycles. The number of likely N-dealkylation sites (tertiary alicyclic amines) is 1. The predicted molar refractivity (Wildman–Crippen MR) is 123 cm³/mol. The van der Waals surface area contributed by atoms with E-state index < -0.39 is 0 Å². The van der Waals surface area contributed by atoms with Gasteiger partial charge in [0.2, 0.25) is 11.8 Å². The molecular formula is C19H37IN6O2. The number of carbonyl (C=O) groups is 2. The Hall–Kier alpha value is -1.10. The van der Waals surface area contributed by atoms with E-state index in [0.29, 0.717) is 19.1 Å². The summed E-state index contributed by atoms with van der Waals surface area (Å²) in [6, 6.07) is 0.334. The van der Waals surface area contributed by atoms with Crippen molar-refractivity contribution >= 4 is 41.8 Å². The van der Waals surface area contributed by atoms with Crippen molar-refractivity contribution in [1.82, 2.24) is 25.8 Å². The molecule has 2 rings (SSSR count). The molecule has 0 bridgehead atoms. The molecule has 28 heavy (non-hydrogen) atoms. The van der Waals surface area contributed by atoms with Gasteiger partial charge in [-0.15, -0.1) is 24.0 Å². The van der Waals surface area contributed by atoms with Crippen LogP contribution in [0.5, 0.6) is 0 Å². The van der Waals surface area contributed by atoms with Gasteiger partial charge < -0.3 is 20.9 Å². The van der Waals surface area contributed by atoms with Crippen molar-refractivity contribution in [1.29, 1.82) is 0 Å². The molecule has 1 aliphatic carbocycles. The molecule has 1 saturated heterocycles. The van der Waals surface area contributed by atoms with Crippen molar-refractivity contribution in [3.05, 3.63) is 0 Å². The Bertz CT molecular complexity index is 541. The molecule has 162 valence electrons. The average Bonchev–Trinajstić information content (AvgIpc) is 3.15. The highest BCUT2D eigenvalue weighted by atomic mass is 127. The van der Waals surface area contributed by atoms with Crippen LogP contribution in [0.4, 0.5) is 0 Å². The number of nitrogens with zero attached hydrogens (tertiary/aromatic N) is 3. The van der Waals surface area contributed by atoms with Crippen molar-refractivity contribution < 1.29 is 9.59 Å². The van der Waals surface area contributed by atoms with Crippen molar-refractivity contribution in [3.63, 3.8) is 0 Å². The van der Waals surface area contributed by atoms with Crippen LogP contribution in [0.3, 0.4) is 0 Å². The first-order chi connectivity index (χ1) is 12.9. The number of likely N-dealkylation sites (N-methyl/N-ethyl adjacent to an activating group) is 1. The van der Waals surface area contributed by atoms with Crippen LogP contribution >= 0.6 is 24.0 Å². The van der Waals surface area contributed by atoms with E-state index >= 15 is 0 Å². The lowest BCUT2D eigenvalue weighted by Gasteiger charge is -2.34. The lowest BCUT2D eigenvalue weighted by molar-refractivity contribution is -0.138. The molecule has 0 unspecified atom stereocenters. The molecule has 0 spiro atoms. The van der Waals surface area contributed by atoms with Crippen molar-refractivity contribution in [2.75, 3.05) is 54.4 Å². The van der Waals surface area contributed by atoms with Crippen LogP contribution in [0.1, 0.15) is 38.5 Å². The van der Waals surface area contributed by atoms with Crippen LogP contribution in [-0.2, 0) is 9.59 Å². The van der Waals surface area contributed by atoms with E-state index in [1.54, 1.807) is 19.0 Å². The number of rotatable bonds is 6. The fraction of sp³-hybridized carbons (Fsp3) is 0.842. The molecule has 1 aliphatic heterocycles. The quantitative estimate of drug-likeness (QED) is 0.278. The molecule has 1 heterocycles. The molecule has 0 radical (unpaired) electrons. The predicted octanol–water partition coefficient (Wildman–Crippen LogP) is 0.628. The van der Waals surface area contributed by atoms with Gasteiger partial charge >= 0.3 is 0 Å². The van der Waals surface area contributed by atoms with Gasteiger partial charge in [0.1, 0.15) is 0 Å². The van der Waals surface area contributed by atoms with Gasteiger partial charge in [-0.3, -0.25) is 19.5 Å². The van der Waals surface area contributed by atoms with Gasteiger partial charge in [0.25, 0.3) is 0 Å². The Kier molecular flexibility index (Phi) is 10.5. The maximum absolute atomic E-state index is 12.7. The molecule has 3 N–H and O–H groups in total. The summed E-state index contributed by atoms with van der Waals surface area (Å²) < 4.78 is 0. The molecule has 0 aromatic heterocycles. The van der Waals surface area contributed by atoms with Gasteiger partial charge in [0, 0.05) is 53.9 Å². The van der Waals surface area contributed by atoms with E-state index in [9.17, 15) is 9.59 Å². The van der Waals surface area contributed by atoms with Crippen LogP contribution in [-0.4, -0.2) is 88.0 Å². The Morgan fingerprint density at radius 1 is 1.18 bits per heavy atom. The number of halogens is 1. The molecule has 8 nitrogen and oxygen atoms in total. The number of piperidine rings is 1. The van der Waals surface area contributed by atoms with E-state index in [2.05, 4.69) is 25.8 Å². The maximum Gasteiger partial charge on any atom is 0.233 e. The summed E-state index contributed by atoms with van der Waals surface area (Å²) in [6.45, 7) is 2.88. The second-order valence-electron chi connectivity index (χ2n) is 7.98. The van der Waals surface area contributed by atoms with E-state index in [0.717, 1.165) is 57.6 Å². The Labute approximate surface area is 186 Å². The molecule has 2 aliphatic rings. The van der Waals surface area contributed by atoms with Crippen LogP contribution in [0.15, 0.2) is 4.99 Å². The fourth-order valence-corrected chi connectivity index (χ4v) is 4.15. The molecule has 0 aromatic rings. The summed E-state index contributed by atoms with van der Waals surface area (Å²) in [5, 5.41) is 9.56. The third-order valence-electron chi connectivity index (χ3n) is 5.81. The van der Waals surface area contributed by atoms with Gasteiger partial charge in [-0.05, 0) is 25.7 Å². The summed E-state index contributed by atoms with van der Waals surface area (Å²) in [4.78, 5) is 32.4. The summed E-state index contributed by atoms with van der Waals surface area (Å²) in [6.07, 6.45) is 6.03. The lowest BCUT2D eigenvalue weighted by Crippen LogP contribution is -2.53. The minimum atomic E-state index is -0.308. The minimum absolute atomic E-state index is 0. The Morgan fingerprint density at radius 2 is 1.79 bits per heavy atom. The standard InChI is InChI=1S/C19H36N6O2.HI/c1-20-16(26)13-25-11-7-15(8-12-25)23-18(21-2)22-14-19(9-5-6-10-19)17(27)24(3)4;/h15H,5-14H2,1-4H3,(H,20,26)(H2,21,22,23);1H. The molecular weight excluding hydrogens is 471 g/mol. The number of carbonyl (C=O) groups excluding carboxylic acids is 2. The average molecular weight is 508 g/mol. The van der Waals surface area contributed by atoms with Gasteiger partial charge in [-0.25, -0.2) is 0 Å². The highest BCUT2D eigenvalue weighted by Gasteiger charge is 2.42. The molecule has 1 saturated carbocycles. The van der Waals surface area contributed by atoms with Gasteiger partial charge in [-0.2, -0.15) is 0 Å². The summed E-state index contributed by atoms with van der Waals surface area (Å²) >= 11 is 0. The van der Waals surface area contributed by atoms with E-state index in [-0.39, 0.29) is 41.2 Å². The highest BCUT2D eigenvalue weighted by molar-refractivity contribution is 14.0. The molecule has 9 heteroatoms. The lowest BCUT2D eigenvalue weighted by atomic mass is 9.84. The number of nitrogens with one attached hydrogen (secondary N) is 3. The third kappa shape index (κ3) is 6.75. The topological polar surface area (TPSA) is 89.1 Å². The van der Waals surface area contributed by atoms with Crippen LogP contribution in [0.2, 0.25) is 0 Å². The Morgan fingerprint density at radius 3 is 2.29 bits per heavy atom. The van der Waals surface area contributed by atoms with E-state index in [1.807, 2.05) is 14.1 Å². The number of aliphatic imine (C=N–C) groups is 1. The molecule has 0 atom stereocenters. The van der Waals surface area contributed by atoms with Crippen molar-refractivity contribution in [3.8, 4) is 0 Å². The second kappa shape index (κ2) is 11.8. The van der Waals surface area contributed by atoms with Crippen molar-refractivity contribution in [2.24, 2.45) is 10.4 Å². The monoisotopic (exact) mass is 508 g/mol. The fourth-order valence-electron chi connectivity index (χ4n) is 4.15. The van der Waals surface area contributed by atoms with Crippen molar-refractivity contribution in [2.45, 2.75) is 44.6 Å². The summed E-state index contributed by atoms with van der Waals surface area (Å²) in [7, 11) is 7.11. The number of guanidine groups is 1. The van der Waals surface area contributed by atoms with E-state index in [1.165, 1.54) is 0 Å². The number of amides is 2. The van der Waals surface area contributed by atoms with E-state index in [4.69, 9.17) is 0 Å². The zero-order chi connectivity index (χ0) is 19.9. The first-order valence-electron chi connectivity index (χ1n) is 10.0. The minimum Gasteiger partial charge on any atom is -0.358 e. The Balaban J connectivity index is 0.00000392.